The molecule has 0 fully saturated rings. The first kappa shape index (κ1) is 19.1. The molecular weight excluding hydrogens is 358 g/mol. The van der Waals surface area contributed by atoms with Crippen LogP contribution in [0.1, 0.15) is 31.9 Å². The Bertz CT molecular complexity index is 1090. The summed E-state index contributed by atoms with van der Waals surface area (Å²) in [5, 5.41) is 1.88. The Kier molecular flexibility index (Phi) is 5.07. The van der Waals surface area contributed by atoms with Gasteiger partial charge in [0, 0.05) is 5.56 Å². The fourth-order valence-corrected chi connectivity index (χ4v) is 3.74. The number of hydrogen-bond donors (Lipinski definition) is 0. The third kappa shape index (κ3) is 4.03. The van der Waals surface area contributed by atoms with Crippen LogP contribution in [0.3, 0.4) is 0 Å². The summed E-state index contributed by atoms with van der Waals surface area (Å²) in [5.41, 5.74) is 1.67. The molecule has 0 aliphatic carbocycles. The van der Waals surface area contributed by atoms with Crippen LogP contribution in [-0.4, -0.2) is 21.7 Å². The number of rotatable bonds is 4. The SMILES string of the molecule is COc1ccc2ccccc2c1C=NS(=O)(=O)c1ccc(C(C)(C)C)cc1. The summed E-state index contributed by atoms with van der Waals surface area (Å²) < 4.78 is 34.6. The molecule has 0 amide bonds. The van der Waals surface area contributed by atoms with E-state index >= 15 is 0 Å². The lowest BCUT2D eigenvalue weighted by molar-refractivity contribution is 0.415. The molecule has 0 atom stereocenters. The fraction of sp³-hybridized carbons (Fsp3) is 0.227. The standard InChI is InChI=1S/C22H23NO3S/c1-22(2,3)17-10-12-18(13-11-17)27(24,25)23-15-20-19-8-6-5-7-16(19)9-14-21(20)26-4/h5-15H,1-4H3. The number of ether oxygens (including phenoxy) is 1. The topological polar surface area (TPSA) is 55.7 Å². The molecule has 140 valence electrons. The molecule has 3 aromatic carbocycles. The van der Waals surface area contributed by atoms with Crippen molar-refractivity contribution in [3.05, 3.63) is 71.8 Å². The minimum absolute atomic E-state index is 0.0398. The van der Waals surface area contributed by atoms with Crippen LogP contribution < -0.4 is 4.74 Å². The van der Waals surface area contributed by atoms with Gasteiger partial charge in [0.1, 0.15) is 5.75 Å². The highest BCUT2D eigenvalue weighted by atomic mass is 32.2. The highest BCUT2D eigenvalue weighted by Crippen LogP contribution is 2.27. The molecule has 0 saturated heterocycles. The van der Waals surface area contributed by atoms with E-state index < -0.39 is 10.0 Å². The van der Waals surface area contributed by atoms with Crippen molar-refractivity contribution < 1.29 is 13.2 Å². The number of hydrogen-bond acceptors (Lipinski definition) is 3. The molecule has 0 aromatic heterocycles. The molecule has 3 rings (SSSR count). The van der Waals surface area contributed by atoms with Crippen molar-refractivity contribution in [3.63, 3.8) is 0 Å². The first-order valence-corrected chi connectivity index (χ1v) is 10.1. The van der Waals surface area contributed by atoms with Gasteiger partial charge in [0.2, 0.25) is 0 Å². The van der Waals surface area contributed by atoms with E-state index in [1.54, 1.807) is 19.2 Å². The summed E-state index contributed by atoms with van der Waals surface area (Å²) in [4.78, 5) is 0.172. The van der Waals surface area contributed by atoms with E-state index in [-0.39, 0.29) is 10.3 Å². The van der Waals surface area contributed by atoms with E-state index in [0.29, 0.717) is 11.3 Å². The van der Waals surface area contributed by atoms with Crippen LogP contribution in [0.15, 0.2) is 70.0 Å². The predicted molar refractivity (Wildman–Crippen MR) is 110 cm³/mol. The lowest BCUT2D eigenvalue weighted by atomic mass is 9.87. The molecule has 0 spiro atoms. The number of fused-ring (bicyclic) bond motifs is 1. The van der Waals surface area contributed by atoms with Gasteiger partial charge in [-0.3, -0.25) is 0 Å². The quantitative estimate of drug-likeness (QED) is 0.601. The van der Waals surface area contributed by atoms with Gasteiger partial charge in [-0.1, -0.05) is 63.2 Å². The van der Waals surface area contributed by atoms with Crippen molar-refractivity contribution >= 4 is 27.0 Å². The number of sulfonamides is 1. The van der Waals surface area contributed by atoms with Crippen molar-refractivity contribution in [2.75, 3.05) is 7.11 Å². The number of benzene rings is 3. The summed E-state index contributed by atoms with van der Waals surface area (Å²) in [7, 11) is -2.24. The van der Waals surface area contributed by atoms with Crippen molar-refractivity contribution in [3.8, 4) is 5.75 Å². The van der Waals surface area contributed by atoms with Crippen molar-refractivity contribution in [1.82, 2.24) is 0 Å². The van der Waals surface area contributed by atoms with Gasteiger partial charge < -0.3 is 4.74 Å². The maximum atomic E-state index is 12.7. The van der Waals surface area contributed by atoms with E-state index in [9.17, 15) is 8.42 Å². The Morgan fingerprint density at radius 1 is 0.926 bits per heavy atom. The second-order valence-electron chi connectivity index (χ2n) is 7.39. The molecule has 3 aromatic rings. The van der Waals surface area contributed by atoms with Gasteiger partial charge in [-0.05, 0) is 39.9 Å². The lowest BCUT2D eigenvalue weighted by Crippen LogP contribution is -2.11. The van der Waals surface area contributed by atoms with Crippen molar-refractivity contribution in [1.29, 1.82) is 0 Å². The summed E-state index contributed by atoms with van der Waals surface area (Å²) >= 11 is 0. The summed E-state index contributed by atoms with van der Waals surface area (Å²) in [5.74, 6) is 0.579. The van der Waals surface area contributed by atoms with Crippen LogP contribution >= 0.6 is 0 Å². The van der Waals surface area contributed by atoms with Gasteiger partial charge in [-0.25, -0.2) is 0 Å². The van der Waals surface area contributed by atoms with Crippen LogP contribution in [0.2, 0.25) is 0 Å². The van der Waals surface area contributed by atoms with Gasteiger partial charge >= 0.3 is 0 Å². The molecular formula is C22H23NO3S. The minimum atomic E-state index is -3.80. The molecule has 5 heteroatoms. The van der Waals surface area contributed by atoms with E-state index in [1.165, 1.54) is 6.21 Å². The largest absolute Gasteiger partial charge is 0.496 e. The Balaban J connectivity index is 2.01. The molecule has 0 saturated carbocycles. The van der Waals surface area contributed by atoms with E-state index in [4.69, 9.17) is 4.74 Å². The van der Waals surface area contributed by atoms with Crippen LogP contribution in [-0.2, 0) is 15.4 Å². The molecule has 27 heavy (non-hydrogen) atoms. The Hall–Kier alpha value is -2.66. The second kappa shape index (κ2) is 7.16. The minimum Gasteiger partial charge on any atom is -0.496 e. The zero-order valence-electron chi connectivity index (χ0n) is 15.9. The average molecular weight is 381 g/mol. The van der Waals surface area contributed by atoms with Gasteiger partial charge in [0.05, 0.1) is 18.2 Å². The number of nitrogens with zero attached hydrogens (tertiary/aromatic N) is 1. The Labute approximate surface area is 160 Å². The maximum absolute atomic E-state index is 12.7. The molecule has 0 radical (unpaired) electrons. The normalized spacial score (nSPS) is 12.6. The second-order valence-corrected chi connectivity index (χ2v) is 9.02. The van der Waals surface area contributed by atoms with Crippen molar-refractivity contribution in [2.24, 2.45) is 4.40 Å². The lowest BCUT2D eigenvalue weighted by Gasteiger charge is -2.18. The predicted octanol–water partition coefficient (Wildman–Crippen LogP) is 4.95. The van der Waals surface area contributed by atoms with Gasteiger partial charge in [-0.15, -0.1) is 0 Å². The summed E-state index contributed by atoms with van der Waals surface area (Å²) in [6.07, 6.45) is 1.37. The smallest absolute Gasteiger partial charge is 0.282 e. The van der Waals surface area contributed by atoms with E-state index in [0.717, 1.165) is 16.3 Å². The Morgan fingerprint density at radius 2 is 1.59 bits per heavy atom. The first-order chi connectivity index (χ1) is 12.7. The first-order valence-electron chi connectivity index (χ1n) is 8.69. The van der Waals surface area contributed by atoms with Gasteiger partial charge in [0.25, 0.3) is 10.0 Å². The van der Waals surface area contributed by atoms with Gasteiger partial charge in [0.15, 0.2) is 0 Å². The fourth-order valence-electron chi connectivity index (χ4n) is 2.90. The Morgan fingerprint density at radius 3 is 2.22 bits per heavy atom. The van der Waals surface area contributed by atoms with Crippen LogP contribution in [0.5, 0.6) is 5.75 Å². The number of methoxy groups -OCH3 is 1. The molecule has 0 aliphatic heterocycles. The van der Waals surface area contributed by atoms with Crippen molar-refractivity contribution in [2.45, 2.75) is 31.1 Å². The van der Waals surface area contributed by atoms with Crippen LogP contribution in [0.25, 0.3) is 10.8 Å². The van der Waals surface area contributed by atoms with E-state index in [2.05, 4.69) is 25.2 Å². The van der Waals surface area contributed by atoms with E-state index in [1.807, 2.05) is 48.5 Å². The maximum Gasteiger partial charge on any atom is 0.282 e. The summed E-state index contributed by atoms with van der Waals surface area (Å²) in [6, 6.07) is 18.3. The highest BCUT2D eigenvalue weighted by molar-refractivity contribution is 7.90. The third-order valence-corrected chi connectivity index (χ3v) is 5.74. The molecule has 0 aliphatic rings. The summed E-state index contributed by atoms with van der Waals surface area (Å²) in [6.45, 7) is 6.25. The molecule has 0 N–H and O–H groups in total. The molecule has 0 heterocycles. The molecule has 4 nitrogen and oxygen atoms in total. The average Bonchev–Trinajstić information content (AvgIpc) is 2.65. The third-order valence-electron chi connectivity index (χ3n) is 4.49. The zero-order chi connectivity index (χ0) is 19.7. The van der Waals surface area contributed by atoms with Gasteiger partial charge in [-0.2, -0.15) is 12.8 Å². The monoisotopic (exact) mass is 381 g/mol. The highest BCUT2D eigenvalue weighted by Gasteiger charge is 2.17. The zero-order valence-corrected chi connectivity index (χ0v) is 16.7. The van der Waals surface area contributed by atoms with Crippen LogP contribution in [0.4, 0.5) is 0 Å². The molecule has 0 unspecified atom stereocenters. The molecule has 0 bridgehead atoms. The van der Waals surface area contributed by atoms with Crippen LogP contribution in [0, 0.1) is 0 Å².